The lowest BCUT2D eigenvalue weighted by molar-refractivity contribution is -0.136. The van der Waals surface area contributed by atoms with Gasteiger partial charge in [-0.2, -0.15) is 0 Å². The number of aromatic amines is 1. The SMILES string of the molecule is CC(C(=O)N1CCC(c2cc3cc(Cl)ccc3[nH]2)CC1)N1C(=O)c2ccccc2C1=O. The summed E-state index contributed by atoms with van der Waals surface area (Å²) in [5, 5.41) is 1.79. The Labute approximate surface area is 184 Å². The molecule has 5 rings (SSSR count). The first-order valence-electron chi connectivity index (χ1n) is 10.5. The van der Waals surface area contributed by atoms with Crippen molar-refractivity contribution in [2.75, 3.05) is 13.1 Å². The summed E-state index contributed by atoms with van der Waals surface area (Å²) in [6, 6.07) is 13.8. The molecule has 31 heavy (non-hydrogen) atoms. The monoisotopic (exact) mass is 435 g/mol. The molecule has 3 amide bonds. The van der Waals surface area contributed by atoms with Crippen molar-refractivity contribution >= 4 is 40.2 Å². The van der Waals surface area contributed by atoms with E-state index in [0.29, 0.717) is 35.2 Å². The highest BCUT2D eigenvalue weighted by atomic mass is 35.5. The van der Waals surface area contributed by atoms with Gasteiger partial charge in [0.2, 0.25) is 5.91 Å². The Morgan fingerprint density at radius 1 is 1.03 bits per heavy atom. The van der Waals surface area contributed by atoms with Gasteiger partial charge in [-0.15, -0.1) is 0 Å². The van der Waals surface area contributed by atoms with Gasteiger partial charge >= 0.3 is 0 Å². The van der Waals surface area contributed by atoms with Gasteiger partial charge in [0.1, 0.15) is 6.04 Å². The normalized spacial score (nSPS) is 18.0. The number of nitrogens with zero attached hydrogens (tertiary/aromatic N) is 2. The Kier molecular flexibility index (Phi) is 4.82. The average Bonchev–Trinajstić information content (AvgIpc) is 3.32. The minimum absolute atomic E-state index is 0.184. The standard InChI is InChI=1S/C24H22ClN3O3/c1-14(28-23(30)18-4-2-3-5-19(18)24(28)31)22(29)27-10-8-15(9-11-27)21-13-16-12-17(25)6-7-20(16)26-21/h2-7,12-15,26H,8-11H2,1H3. The summed E-state index contributed by atoms with van der Waals surface area (Å²) in [7, 11) is 0. The minimum atomic E-state index is -0.820. The van der Waals surface area contributed by atoms with Gasteiger partial charge in [0.05, 0.1) is 11.1 Å². The molecule has 0 spiro atoms. The molecule has 3 heterocycles. The van der Waals surface area contributed by atoms with Crippen LogP contribution in [0.3, 0.4) is 0 Å². The predicted molar refractivity (Wildman–Crippen MR) is 118 cm³/mol. The third-order valence-corrected chi connectivity index (χ3v) is 6.66. The van der Waals surface area contributed by atoms with Gasteiger partial charge in [-0.1, -0.05) is 23.7 Å². The van der Waals surface area contributed by atoms with E-state index in [9.17, 15) is 14.4 Å². The van der Waals surface area contributed by atoms with Crippen LogP contribution in [0.15, 0.2) is 48.5 Å². The molecule has 2 aromatic carbocycles. The van der Waals surface area contributed by atoms with Gasteiger partial charge in [-0.3, -0.25) is 19.3 Å². The van der Waals surface area contributed by atoms with E-state index < -0.39 is 17.9 Å². The van der Waals surface area contributed by atoms with E-state index in [1.807, 2.05) is 18.2 Å². The van der Waals surface area contributed by atoms with Crippen molar-refractivity contribution < 1.29 is 14.4 Å². The lowest BCUT2D eigenvalue weighted by atomic mass is 9.93. The lowest BCUT2D eigenvalue weighted by Crippen LogP contribution is -2.51. The number of amides is 3. The predicted octanol–water partition coefficient (Wildman–Crippen LogP) is 4.21. The van der Waals surface area contributed by atoms with Crippen LogP contribution in [-0.2, 0) is 4.79 Å². The van der Waals surface area contributed by atoms with E-state index in [4.69, 9.17) is 11.6 Å². The van der Waals surface area contributed by atoms with Gasteiger partial charge in [0.25, 0.3) is 11.8 Å². The largest absolute Gasteiger partial charge is 0.358 e. The quantitative estimate of drug-likeness (QED) is 0.626. The van der Waals surface area contributed by atoms with Crippen molar-refractivity contribution in [2.45, 2.75) is 31.7 Å². The van der Waals surface area contributed by atoms with E-state index in [-0.39, 0.29) is 5.91 Å². The third-order valence-electron chi connectivity index (χ3n) is 6.42. The van der Waals surface area contributed by atoms with E-state index in [2.05, 4.69) is 11.1 Å². The Balaban J connectivity index is 1.26. The Hall–Kier alpha value is -3.12. The zero-order valence-corrected chi connectivity index (χ0v) is 17.9. The molecule has 0 radical (unpaired) electrons. The Morgan fingerprint density at radius 2 is 1.68 bits per heavy atom. The maximum atomic E-state index is 13.1. The van der Waals surface area contributed by atoms with Gasteiger partial charge in [-0.05, 0) is 56.2 Å². The fourth-order valence-corrected chi connectivity index (χ4v) is 4.87. The zero-order chi connectivity index (χ0) is 21.7. The van der Waals surface area contributed by atoms with Gasteiger partial charge in [0, 0.05) is 40.6 Å². The first-order valence-corrected chi connectivity index (χ1v) is 10.9. The highest BCUT2D eigenvalue weighted by Gasteiger charge is 2.42. The van der Waals surface area contributed by atoms with Gasteiger partial charge in [0.15, 0.2) is 0 Å². The van der Waals surface area contributed by atoms with Crippen molar-refractivity contribution in [1.29, 1.82) is 0 Å². The second-order valence-electron chi connectivity index (χ2n) is 8.26. The molecule has 0 bridgehead atoms. The molecular formula is C24H22ClN3O3. The number of piperidine rings is 1. The van der Waals surface area contributed by atoms with Gasteiger partial charge in [-0.25, -0.2) is 0 Å². The second kappa shape index (κ2) is 7.54. The summed E-state index contributed by atoms with van der Waals surface area (Å²) >= 11 is 6.09. The highest BCUT2D eigenvalue weighted by Crippen LogP contribution is 2.32. The summed E-state index contributed by atoms with van der Waals surface area (Å²) in [4.78, 5) is 44.8. The number of hydrogen-bond acceptors (Lipinski definition) is 3. The number of rotatable bonds is 3. The van der Waals surface area contributed by atoms with Crippen LogP contribution in [-0.4, -0.2) is 51.6 Å². The molecule has 1 fully saturated rings. The van der Waals surface area contributed by atoms with Gasteiger partial charge < -0.3 is 9.88 Å². The highest BCUT2D eigenvalue weighted by molar-refractivity contribution is 6.31. The minimum Gasteiger partial charge on any atom is -0.358 e. The molecule has 3 aromatic rings. The first-order chi connectivity index (χ1) is 14.9. The van der Waals surface area contributed by atoms with E-state index in [0.717, 1.165) is 34.3 Å². The number of aromatic nitrogens is 1. The van der Waals surface area contributed by atoms with Crippen LogP contribution in [0.25, 0.3) is 10.9 Å². The molecular weight excluding hydrogens is 414 g/mol. The van der Waals surface area contributed by atoms with Crippen molar-refractivity contribution in [2.24, 2.45) is 0 Å². The number of H-pyrrole nitrogens is 1. The topological polar surface area (TPSA) is 73.5 Å². The van der Waals surface area contributed by atoms with Crippen LogP contribution in [0.4, 0.5) is 0 Å². The number of fused-ring (bicyclic) bond motifs is 2. The number of likely N-dealkylation sites (tertiary alicyclic amines) is 1. The molecule has 7 heteroatoms. The molecule has 1 saturated heterocycles. The number of halogens is 1. The molecule has 0 saturated carbocycles. The maximum absolute atomic E-state index is 13.1. The van der Waals surface area contributed by atoms with E-state index >= 15 is 0 Å². The van der Waals surface area contributed by atoms with Crippen LogP contribution in [0, 0.1) is 0 Å². The van der Waals surface area contributed by atoms with Crippen LogP contribution in [0.1, 0.15) is 52.1 Å². The number of carbonyl (C=O) groups is 3. The summed E-state index contributed by atoms with van der Waals surface area (Å²) in [6.07, 6.45) is 1.64. The lowest BCUT2D eigenvalue weighted by Gasteiger charge is -2.35. The Bertz CT molecular complexity index is 1170. The van der Waals surface area contributed by atoms with Crippen molar-refractivity contribution in [3.05, 3.63) is 70.4 Å². The van der Waals surface area contributed by atoms with Crippen molar-refractivity contribution in [3.63, 3.8) is 0 Å². The molecule has 1 N–H and O–H groups in total. The summed E-state index contributed by atoms with van der Waals surface area (Å²) < 4.78 is 0. The number of nitrogens with one attached hydrogen (secondary N) is 1. The number of imide groups is 1. The van der Waals surface area contributed by atoms with Crippen LogP contribution >= 0.6 is 11.6 Å². The summed E-state index contributed by atoms with van der Waals surface area (Å²) in [5.74, 6) is -0.651. The number of benzene rings is 2. The molecule has 2 aliphatic heterocycles. The fourth-order valence-electron chi connectivity index (χ4n) is 4.69. The molecule has 6 nitrogen and oxygen atoms in total. The van der Waals surface area contributed by atoms with Crippen LogP contribution in [0.2, 0.25) is 5.02 Å². The van der Waals surface area contributed by atoms with E-state index in [1.54, 1.807) is 36.1 Å². The summed E-state index contributed by atoms with van der Waals surface area (Å²) in [5.41, 5.74) is 2.93. The summed E-state index contributed by atoms with van der Waals surface area (Å²) in [6.45, 7) is 2.82. The van der Waals surface area contributed by atoms with Crippen molar-refractivity contribution in [3.8, 4) is 0 Å². The first kappa shape index (κ1) is 19.8. The Morgan fingerprint density at radius 3 is 2.32 bits per heavy atom. The molecule has 0 aliphatic carbocycles. The fraction of sp³-hybridized carbons (Fsp3) is 0.292. The number of carbonyl (C=O) groups excluding carboxylic acids is 3. The van der Waals surface area contributed by atoms with Crippen LogP contribution in [0.5, 0.6) is 0 Å². The molecule has 158 valence electrons. The molecule has 1 unspecified atom stereocenters. The smallest absolute Gasteiger partial charge is 0.262 e. The third kappa shape index (κ3) is 3.31. The molecule has 1 atom stereocenters. The molecule has 2 aliphatic rings. The maximum Gasteiger partial charge on any atom is 0.262 e. The average molecular weight is 436 g/mol. The number of hydrogen-bond donors (Lipinski definition) is 1. The zero-order valence-electron chi connectivity index (χ0n) is 17.1. The molecule has 1 aromatic heterocycles. The van der Waals surface area contributed by atoms with Crippen molar-refractivity contribution in [1.82, 2.24) is 14.8 Å². The van der Waals surface area contributed by atoms with E-state index in [1.165, 1.54) is 0 Å². The van der Waals surface area contributed by atoms with Crippen LogP contribution < -0.4 is 0 Å². The second-order valence-corrected chi connectivity index (χ2v) is 8.69.